The quantitative estimate of drug-likeness (QED) is 0.851. The van der Waals surface area contributed by atoms with Crippen molar-refractivity contribution in [2.75, 3.05) is 5.32 Å². The Hall–Kier alpha value is -1.60. The summed E-state index contributed by atoms with van der Waals surface area (Å²) >= 11 is 1.42. The van der Waals surface area contributed by atoms with E-state index >= 15 is 0 Å². The van der Waals surface area contributed by atoms with E-state index in [4.69, 9.17) is 5.73 Å². The Morgan fingerprint density at radius 3 is 2.94 bits per heavy atom. The smallest absolute Gasteiger partial charge is 0.129 e. The summed E-state index contributed by atoms with van der Waals surface area (Å²) in [5.41, 5.74) is 7.40. The second-order valence-corrected chi connectivity index (χ2v) is 5.03. The lowest BCUT2D eigenvalue weighted by Gasteiger charge is -2.07. The molecule has 0 bridgehead atoms. The SMILES string of the molecule is CC(C)c1nnsc1CNc1cc(CN)ncn1. The maximum Gasteiger partial charge on any atom is 0.129 e. The lowest BCUT2D eigenvalue weighted by Crippen LogP contribution is -2.06. The molecule has 0 spiro atoms. The highest BCUT2D eigenvalue weighted by Crippen LogP contribution is 2.20. The third-order valence-electron chi connectivity index (χ3n) is 2.50. The molecule has 0 unspecified atom stereocenters. The van der Waals surface area contributed by atoms with Gasteiger partial charge < -0.3 is 11.1 Å². The van der Waals surface area contributed by atoms with Gasteiger partial charge in [0.1, 0.15) is 12.1 Å². The van der Waals surface area contributed by atoms with Gasteiger partial charge in [0, 0.05) is 12.6 Å². The minimum atomic E-state index is 0.380. The number of hydrogen-bond donors (Lipinski definition) is 2. The third-order valence-corrected chi connectivity index (χ3v) is 3.23. The topological polar surface area (TPSA) is 89.6 Å². The zero-order valence-corrected chi connectivity index (χ0v) is 11.2. The number of nitrogens with one attached hydrogen (secondary N) is 1. The first-order valence-electron chi connectivity index (χ1n) is 5.76. The third kappa shape index (κ3) is 2.99. The van der Waals surface area contributed by atoms with E-state index in [0.29, 0.717) is 19.0 Å². The summed E-state index contributed by atoms with van der Waals surface area (Å²) < 4.78 is 3.99. The van der Waals surface area contributed by atoms with Crippen LogP contribution in [0.4, 0.5) is 5.82 Å². The molecule has 0 fully saturated rings. The van der Waals surface area contributed by atoms with Gasteiger partial charge >= 0.3 is 0 Å². The summed E-state index contributed by atoms with van der Waals surface area (Å²) in [7, 11) is 0. The maximum atomic E-state index is 5.54. The van der Waals surface area contributed by atoms with E-state index in [1.807, 2.05) is 6.07 Å². The van der Waals surface area contributed by atoms with E-state index in [9.17, 15) is 0 Å². The number of nitrogens with two attached hydrogens (primary N) is 1. The van der Waals surface area contributed by atoms with E-state index in [-0.39, 0.29) is 0 Å². The fourth-order valence-electron chi connectivity index (χ4n) is 1.55. The summed E-state index contributed by atoms with van der Waals surface area (Å²) in [6.45, 7) is 5.30. The van der Waals surface area contributed by atoms with Crippen molar-refractivity contribution in [2.45, 2.75) is 32.9 Å². The zero-order chi connectivity index (χ0) is 13.0. The van der Waals surface area contributed by atoms with Crippen LogP contribution in [0.15, 0.2) is 12.4 Å². The van der Waals surface area contributed by atoms with E-state index < -0.39 is 0 Å². The second kappa shape index (κ2) is 5.83. The van der Waals surface area contributed by atoms with Crippen LogP contribution in [-0.4, -0.2) is 19.6 Å². The Balaban J connectivity index is 2.04. The summed E-state index contributed by atoms with van der Waals surface area (Å²) in [4.78, 5) is 9.33. The average Bonchev–Trinajstić information content (AvgIpc) is 2.85. The van der Waals surface area contributed by atoms with E-state index in [0.717, 1.165) is 22.1 Å². The number of nitrogens with zero attached hydrogens (tertiary/aromatic N) is 4. The van der Waals surface area contributed by atoms with Crippen molar-refractivity contribution in [3.63, 3.8) is 0 Å². The molecular formula is C11H16N6S. The molecule has 0 atom stereocenters. The van der Waals surface area contributed by atoms with Crippen LogP contribution < -0.4 is 11.1 Å². The number of rotatable bonds is 5. The van der Waals surface area contributed by atoms with Crippen LogP contribution in [-0.2, 0) is 13.1 Å². The number of anilines is 1. The van der Waals surface area contributed by atoms with Crippen LogP contribution in [0.2, 0.25) is 0 Å². The average molecular weight is 264 g/mol. The Kier molecular flexibility index (Phi) is 4.16. The molecule has 3 N–H and O–H groups in total. The van der Waals surface area contributed by atoms with E-state index in [1.165, 1.54) is 17.9 Å². The Labute approximate surface area is 110 Å². The highest BCUT2D eigenvalue weighted by Gasteiger charge is 2.11. The minimum absolute atomic E-state index is 0.380. The fourth-order valence-corrected chi connectivity index (χ4v) is 2.29. The Bertz CT molecular complexity index is 510. The van der Waals surface area contributed by atoms with Gasteiger partial charge in [0.25, 0.3) is 0 Å². The lowest BCUT2D eigenvalue weighted by molar-refractivity contribution is 0.797. The molecule has 0 amide bonds. The normalized spacial score (nSPS) is 10.9. The largest absolute Gasteiger partial charge is 0.365 e. The molecular weight excluding hydrogens is 248 g/mol. The zero-order valence-electron chi connectivity index (χ0n) is 10.4. The number of hydrogen-bond acceptors (Lipinski definition) is 7. The summed E-state index contributed by atoms with van der Waals surface area (Å²) in [5, 5.41) is 7.38. The molecule has 0 saturated heterocycles. The highest BCUT2D eigenvalue weighted by atomic mass is 32.1. The summed E-state index contributed by atoms with van der Waals surface area (Å²) in [6.07, 6.45) is 1.51. The van der Waals surface area contributed by atoms with Crippen LogP contribution in [0.5, 0.6) is 0 Å². The van der Waals surface area contributed by atoms with Crippen molar-refractivity contribution in [1.29, 1.82) is 0 Å². The molecule has 0 saturated carbocycles. The van der Waals surface area contributed by atoms with Crippen molar-refractivity contribution in [1.82, 2.24) is 19.6 Å². The van der Waals surface area contributed by atoms with Gasteiger partial charge in [-0.1, -0.05) is 18.3 Å². The van der Waals surface area contributed by atoms with Crippen LogP contribution in [0.3, 0.4) is 0 Å². The molecule has 2 heterocycles. The lowest BCUT2D eigenvalue weighted by atomic mass is 10.1. The van der Waals surface area contributed by atoms with Crippen molar-refractivity contribution < 1.29 is 0 Å². The molecule has 0 radical (unpaired) electrons. The van der Waals surface area contributed by atoms with Crippen molar-refractivity contribution in [2.24, 2.45) is 5.73 Å². The Morgan fingerprint density at radius 2 is 2.22 bits per heavy atom. The van der Waals surface area contributed by atoms with Crippen LogP contribution in [0.25, 0.3) is 0 Å². The molecule has 0 aliphatic heterocycles. The molecule has 18 heavy (non-hydrogen) atoms. The van der Waals surface area contributed by atoms with Gasteiger partial charge in [-0.05, 0) is 17.5 Å². The monoisotopic (exact) mass is 264 g/mol. The second-order valence-electron chi connectivity index (χ2n) is 4.19. The van der Waals surface area contributed by atoms with Crippen LogP contribution >= 0.6 is 11.5 Å². The van der Waals surface area contributed by atoms with Gasteiger partial charge in [-0.25, -0.2) is 9.97 Å². The van der Waals surface area contributed by atoms with Gasteiger partial charge in [0.2, 0.25) is 0 Å². The van der Waals surface area contributed by atoms with Gasteiger partial charge in [-0.3, -0.25) is 0 Å². The minimum Gasteiger partial charge on any atom is -0.365 e. The Morgan fingerprint density at radius 1 is 1.39 bits per heavy atom. The molecule has 2 aromatic heterocycles. The summed E-state index contributed by atoms with van der Waals surface area (Å²) in [5.74, 6) is 1.15. The molecule has 2 rings (SSSR count). The van der Waals surface area contributed by atoms with Crippen molar-refractivity contribution in [3.05, 3.63) is 28.7 Å². The van der Waals surface area contributed by atoms with Crippen molar-refractivity contribution in [3.8, 4) is 0 Å². The first-order chi connectivity index (χ1) is 8.70. The maximum absolute atomic E-state index is 5.54. The van der Waals surface area contributed by atoms with Crippen LogP contribution in [0, 0.1) is 0 Å². The molecule has 96 valence electrons. The first kappa shape index (κ1) is 12.8. The van der Waals surface area contributed by atoms with Gasteiger partial charge in [-0.2, -0.15) is 0 Å². The molecule has 6 nitrogen and oxygen atoms in total. The molecule has 2 aromatic rings. The van der Waals surface area contributed by atoms with Crippen molar-refractivity contribution >= 4 is 17.4 Å². The standard InChI is InChI=1S/C11H16N6S/c1-7(2)11-9(18-17-16-11)5-13-10-3-8(4-12)14-6-15-10/h3,6-7H,4-5,12H2,1-2H3,(H,13,14,15). The van der Waals surface area contributed by atoms with Crippen LogP contribution in [0.1, 0.15) is 36.0 Å². The predicted molar refractivity (Wildman–Crippen MR) is 71.2 cm³/mol. The summed E-state index contributed by atoms with van der Waals surface area (Å²) in [6, 6.07) is 1.85. The van der Waals surface area contributed by atoms with Gasteiger partial charge in [0.15, 0.2) is 0 Å². The van der Waals surface area contributed by atoms with E-state index in [2.05, 4.69) is 38.7 Å². The van der Waals surface area contributed by atoms with E-state index in [1.54, 1.807) is 0 Å². The fraction of sp³-hybridized carbons (Fsp3) is 0.455. The predicted octanol–water partition coefficient (Wildman–Crippen LogP) is 1.52. The van der Waals surface area contributed by atoms with Gasteiger partial charge in [0.05, 0.1) is 22.8 Å². The molecule has 7 heteroatoms. The molecule has 0 aliphatic carbocycles. The first-order valence-corrected chi connectivity index (χ1v) is 6.54. The number of aromatic nitrogens is 4. The highest BCUT2D eigenvalue weighted by molar-refractivity contribution is 7.05. The molecule has 0 aromatic carbocycles. The molecule has 0 aliphatic rings. The van der Waals surface area contributed by atoms with Gasteiger partial charge in [-0.15, -0.1) is 5.10 Å².